The van der Waals surface area contributed by atoms with Gasteiger partial charge < -0.3 is 20.0 Å². The fourth-order valence-corrected chi connectivity index (χ4v) is 3.35. The summed E-state index contributed by atoms with van der Waals surface area (Å²) in [5.41, 5.74) is 1.84. The molecule has 1 aromatic heterocycles. The van der Waals surface area contributed by atoms with E-state index < -0.39 is 0 Å². The summed E-state index contributed by atoms with van der Waals surface area (Å²) in [5, 5.41) is 4.99. The van der Waals surface area contributed by atoms with Crippen LogP contribution in [0.1, 0.15) is 50.3 Å². The van der Waals surface area contributed by atoms with Gasteiger partial charge in [-0.05, 0) is 12.8 Å². The average Bonchev–Trinajstić information content (AvgIpc) is 3.33. The van der Waals surface area contributed by atoms with Crippen LogP contribution in [0.4, 0.5) is 4.79 Å². The Balaban J connectivity index is 1.84. The zero-order valence-electron chi connectivity index (χ0n) is 16.0. The summed E-state index contributed by atoms with van der Waals surface area (Å²) in [7, 11) is 1.52. The number of benzene rings is 1. The minimum atomic E-state index is -0.372. The van der Waals surface area contributed by atoms with Crippen molar-refractivity contribution in [2.24, 2.45) is 0 Å². The Labute approximate surface area is 159 Å². The van der Waals surface area contributed by atoms with Crippen molar-refractivity contribution in [2.75, 3.05) is 20.1 Å². The van der Waals surface area contributed by atoms with Gasteiger partial charge in [-0.2, -0.15) is 0 Å². The molecule has 1 aliphatic heterocycles. The number of hydrogen-bond acceptors (Lipinski definition) is 4. The largest absolute Gasteiger partial charge is 0.442 e. The van der Waals surface area contributed by atoms with E-state index in [2.05, 4.69) is 24.5 Å². The smallest absolute Gasteiger partial charge is 0.314 e. The van der Waals surface area contributed by atoms with E-state index in [-0.39, 0.29) is 30.4 Å². The van der Waals surface area contributed by atoms with Crippen LogP contribution >= 0.6 is 0 Å². The molecule has 1 aromatic carbocycles. The molecule has 1 atom stereocenters. The first-order valence-corrected chi connectivity index (χ1v) is 9.32. The van der Waals surface area contributed by atoms with Crippen LogP contribution in [0.15, 0.2) is 34.7 Å². The third-order valence-electron chi connectivity index (χ3n) is 4.73. The summed E-state index contributed by atoms with van der Waals surface area (Å²) < 4.78 is 6.14. The lowest BCUT2D eigenvalue weighted by atomic mass is 10.0. The van der Waals surface area contributed by atoms with E-state index in [1.54, 1.807) is 4.90 Å². The second kappa shape index (κ2) is 8.24. The first-order chi connectivity index (χ1) is 13.0. The molecule has 1 aliphatic rings. The monoisotopic (exact) mass is 370 g/mol. The van der Waals surface area contributed by atoms with E-state index in [9.17, 15) is 9.59 Å². The predicted octanol–water partition coefficient (Wildman–Crippen LogP) is 3.06. The molecule has 1 saturated heterocycles. The molecule has 0 aliphatic carbocycles. The molecule has 3 amide bonds. The van der Waals surface area contributed by atoms with E-state index in [1.807, 2.05) is 30.3 Å². The standard InChI is InChI=1S/C20H26N4O3/c1-13(2)18-17(14-8-5-4-6-9-14)23-19(27-18)15-10-7-11-24(15)16(25)12-22-20(26)21-3/h4-6,8-9,13,15H,7,10-12H2,1-3H3,(H2,21,22,26). The van der Waals surface area contributed by atoms with Gasteiger partial charge in [-0.3, -0.25) is 4.79 Å². The van der Waals surface area contributed by atoms with Crippen LogP contribution in [0.5, 0.6) is 0 Å². The fourth-order valence-electron chi connectivity index (χ4n) is 3.35. The molecule has 1 unspecified atom stereocenters. The number of hydrogen-bond donors (Lipinski definition) is 2. The SMILES string of the molecule is CNC(=O)NCC(=O)N1CCCC1c1nc(-c2ccccc2)c(C(C)C)o1. The fraction of sp³-hybridized carbons (Fsp3) is 0.450. The van der Waals surface area contributed by atoms with Crippen molar-refractivity contribution in [3.8, 4) is 11.3 Å². The van der Waals surface area contributed by atoms with Gasteiger partial charge >= 0.3 is 6.03 Å². The first-order valence-electron chi connectivity index (χ1n) is 9.32. The van der Waals surface area contributed by atoms with Gasteiger partial charge in [0, 0.05) is 25.1 Å². The molecule has 7 nitrogen and oxygen atoms in total. The molecule has 2 aromatic rings. The second-order valence-corrected chi connectivity index (χ2v) is 6.96. The Bertz CT molecular complexity index is 801. The third-order valence-corrected chi connectivity index (χ3v) is 4.73. The van der Waals surface area contributed by atoms with Crippen LogP contribution in [-0.4, -0.2) is 42.0 Å². The zero-order chi connectivity index (χ0) is 19.4. The van der Waals surface area contributed by atoms with Crippen LogP contribution in [0.3, 0.4) is 0 Å². The van der Waals surface area contributed by atoms with Crippen LogP contribution < -0.4 is 10.6 Å². The van der Waals surface area contributed by atoms with Gasteiger partial charge in [0.25, 0.3) is 0 Å². The normalized spacial score (nSPS) is 16.6. The topological polar surface area (TPSA) is 87.5 Å². The average molecular weight is 370 g/mol. The van der Waals surface area contributed by atoms with Gasteiger partial charge in [0.05, 0.1) is 6.54 Å². The number of urea groups is 1. The van der Waals surface area contributed by atoms with Gasteiger partial charge in [-0.15, -0.1) is 0 Å². The third kappa shape index (κ3) is 4.13. The Morgan fingerprint density at radius 2 is 2.04 bits per heavy atom. The van der Waals surface area contributed by atoms with Crippen LogP contribution in [-0.2, 0) is 4.79 Å². The quantitative estimate of drug-likeness (QED) is 0.847. The lowest BCUT2D eigenvalue weighted by Gasteiger charge is -2.22. The molecule has 2 N–H and O–H groups in total. The first kappa shape index (κ1) is 18.9. The zero-order valence-corrected chi connectivity index (χ0v) is 16.0. The van der Waals surface area contributed by atoms with Gasteiger partial charge in [-0.1, -0.05) is 44.2 Å². The van der Waals surface area contributed by atoms with Crippen LogP contribution in [0.25, 0.3) is 11.3 Å². The van der Waals surface area contributed by atoms with Crippen molar-refractivity contribution in [1.29, 1.82) is 0 Å². The Kier molecular flexibility index (Phi) is 5.78. The maximum absolute atomic E-state index is 12.6. The summed E-state index contributed by atoms with van der Waals surface area (Å²) in [6, 6.07) is 9.38. The molecule has 2 heterocycles. The van der Waals surface area contributed by atoms with E-state index in [4.69, 9.17) is 9.40 Å². The highest BCUT2D eigenvalue weighted by Gasteiger charge is 2.34. The minimum absolute atomic E-state index is 0.0422. The molecule has 0 bridgehead atoms. The summed E-state index contributed by atoms with van der Waals surface area (Å²) in [6.07, 6.45) is 1.69. The van der Waals surface area contributed by atoms with Crippen molar-refractivity contribution < 1.29 is 14.0 Å². The molecular formula is C20H26N4O3. The van der Waals surface area contributed by atoms with E-state index in [0.29, 0.717) is 12.4 Å². The van der Waals surface area contributed by atoms with Crippen molar-refractivity contribution in [3.63, 3.8) is 0 Å². The second-order valence-electron chi connectivity index (χ2n) is 6.96. The maximum Gasteiger partial charge on any atom is 0.314 e. The maximum atomic E-state index is 12.6. The summed E-state index contributed by atoms with van der Waals surface area (Å²) in [5.74, 6) is 1.45. The molecule has 0 saturated carbocycles. The molecule has 7 heteroatoms. The number of carbonyl (C=O) groups is 2. The van der Waals surface area contributed by atoms with Crippen LogP contribution in [0, 0.1) is 0 Å². The van der Waals surface area contributed by atoms with Crippen LogP contribution in [0.2, 0.25) is 0 Å². The van der Waals surface area contributed by atoms with Crippen molar-refractivity contribution in [3.05, 3.63) is 42.0 Å². The molecule has 0 spiro atoms. The lowest BCUT2D eigenvalue weighted by Crippen LogP contribution is -2.42. The van der Waals surface area contributed by atoms with Crippen molar-refractivity contribution >= 4 is 11.9 Å². The minimum Gasteiger partial charge on any atom is -0.442 e. The number of carbonyl (C=O) groups excluding carboxylic acids is 2. The number of rotatable bonds is 5. The number of aromatic nitrogens is 1. The van der Waals surface area contributed by atoms with Gasteiger partial charge in [0.2, 0.25) is 11.8 Å². The molecule has 27 heavy (non-hydrogen) atoms. The Morgan fingerprint density at radius 1 is 1.30 bits per heavy atom. The molecule has 1 fully saturated rings. The van der Waals surface area contributed by atoms with E-state index >= 15 is 0 Å². The highest BCUT2D eigenvalue weighted by atomic mass is 16.4. The molecule has 144 valence electrons. The van der Waals surface area contributed by atoms with Gasteiger partial charge in [0.15, 0.2) is 0 Å². The summed E-state index contributed by atoms with van der Waals surface area (Å²) >= 11 is 0. The Morgan fingerprint density at radius 3 is 2.70 bits per heavy atom. The number of amides is 3. The van der Waals surface area contributed by atoms with E-state index in [1.165, 1.54) is 7.05 Å². The summed E-state index contributed by atoms with van der Waals surface area (Å²) in [6.45, 7) is 4.74. The predicted molar refractivity (Wildman–Crippen MR) is 102 cm³/mol. The molecule has 3 rings (SSSR count). The summed E-state index contributed by atoms with van der Waals surface area (Å²) in [4.78, 5) is 30.4. The van der Waals surface area contributed by atoms with E-state index in [0.717, 1.165) is 29.9 Å². The number of oxazole rings is 1. The molecule has 0 radical (unpaired) electrons. The molecular weight excluding hydrogens is 344 g/mol. The highest BCUT2D eigenvalue weighted by Crippen LogP contribution is 2.37. The lowest BCUT2D eigenvalue weighted by molar-refractivity contribution is -0.131. The highest BCUT2D eigenvalue weighted by molar-refractivity contribution is 5.84. The van der Waals surface area contributed by atoms with Gasteiger partial charge in [0.1, 0.15) is 17.5 Å². The van der Waals surface area contributed by atoms with Crippen molar-refractivity contribution in [2.45, 2.75) is 38.6 Å². The van der Waals surface area contributed by atoms with Crippen molar-refractivity contribution in [1.82, 2.24) is 20.5 Å². The number of nitrogens with one attached hydrogen (secondary N) is 2. The number of nitrogens with zero attached hydrogens (tertiary/aromatic N) is 2. The van der Waals surface area contributed by atoms with Gasteiger partial charge in [-0.25, -0.2) is 9.78 Å². The Hall–Kier alpha value is -2.83. The number of likely N-dealkylation sites (tertiary alicyclic amines) is 1.